The summed E-state index contributed by atoms with van der Waals surface area (Å²) in [6.45, 7) is 5.29. The van der Waals surface area contributed by atoms with Gasteiger partial charge in [-0.3, -0.25) is 4.79 Å². The normalized spacial score (nSPS) is 18.1. The Morgan fingerprint density at radius 3 is 2.54 bits per heavy atom. The van der Waals surface area contributed by atoms with Crippen molar-refractivity contribution in [3.63, 3.8) is 0 Å². The van der Waals surface area contributed by atoms with E-state index in [1.807, 2.05) is 20.8 Å². The summed E-state index contributed by atoms with van der Waals surface area (Å²) in [7, 11) is 2.72. The predicted octanol–water partition coefficient (Wildman–Crippen LogP) is 4.23. The number of carbonyl (C=O) groups excluding carboxylic acids is 3. The van der Waals surface area contributed by atoms with Crippen molar-refractivity contribution >= 4 is 33.8 Å². The van der Waals surface area contributed by atoms with E-state index in [-0.39, 0.29) is 12.2 Å². The summed E-state index contributed by atoms with van der Waals surface area (Å²) in [4.78, 5) is 38.5. The fraction of sp³-hybridized carbons (Fsp3) is 0.400. The molecule has 10 heteroatoms. The molecule has 0 bridgehead atoms. The number of nitrogens with one attached hydrogen (secondary N) is 1. The van der Waals surface area contributed by atoms with Crippen molar-refractivity contribution in [2.45, 2.75) is 44.6 Å². The largest absolute Gasteiger partial charge is 0.497 e. The Balaban J connectivity index is 1.88. The second-order valence-electron chi connectivity index (χ2n) is 8.79. The minimum atomic E-state index is -1.33. The number of carbonyl (C=O) groups is 3. The van der Waals surface area contributed by atoms with E-state index < -0.39 is 41.7 Å². The first-order chi connectivity index (χ1) is 16.5. The van der Waals surface area contributed by atoms with Gasteiger partial charge in [-0.25, -0.2) is 9.59 Å². The molecule has 0 fully saturated rings. The van der Waals surface area contributed by atoms with Crippen molar-refractivity contribution in [2.75, 3.05) is 20.8 Å². The van der Waals surface area contributed by atoms with Crippen molar-refractivity contribution in [3.05, 3.63) is 58.1 Å². The number of esters is 1. The molecule has 35 heavy (non-hydrogen) atoms. The third kappa shape index (κ3) is 6.73. The molecule has 3 rings (SSSR count). The highest BCUT2D eigenvalue weighted by molar-refractivity contribution is 9.10. The number of benzene rings is 2. The van der Waals surface area contributed by atoms with E-state index in [4.69, 9.17) is 23.7 Å². The third-order valence-corrected chi connectivity index (χ3v) is 5.60. The minimum Gasteiger partial charge on any atom is -0.497 e. The van der Waals surface area contributed by atoms with Crippen LogP contribution in [0.25, 0.3) is 0 Å². The molecular formula is C25H28BrNO8. The molecule has 1 heterocycles. The number of hydrogen-bond acceptors (Lipinski definition) is 8. The molecule has 0 saturated carbocycles. The number of halogens is 1. The number of alkyl carbamates (subject to hydrolysis) is 1. The van der Waals surface area contributed by atoms with E-state index in [1.165, 1.54) is 14.2 Å². The molecule has 1 aliphatic heterocycles. The van der Waals surface area contributed by atoms with Gasteiger partial charge in [0.05, 0.1) is 32.0 Å². The molecule has 1 N–H and O–H groups in total. The Morgan fingerprint density at radius 1 is 1.14 bits per heavy atom. The second-order valence-corrected chi connectivity index (χ2v) is 9.70. The van der Waals surface area contributed by atoms with Crippen LogP contribution in [0.3, 0.4) is 0 Å². The molecule has 0 aromatic heterocycles. The SMILES string of the molecule is COC(=O)[C@H](COC(C)(C)C)NC(=O)O[C@@H]1C(=O)c2cc(Br)ccc2O[C@H]1c1cccc(OC)c1. The van der Waals surface area contributed by atoms with Gasteiger partial charge in [0.2, 0.25) is 11.9 Å². The van der Waals surface area contributed by atoms with Crippen molar-refractivity contribution in [2.24, 2.45) is 0 Å². The summed E-state index contributed by atoms with van der Waals surface area (Å²) in [5.74, 6) is -0.252. The third-order valence-electron chi connectivity index (χ3n) is 5.11. The van der Waals surface area contributed by atoms with Crippen LogP contribution in [-0.2, 0) is 19.0 Å². The Labute approximate surface area is 212 Å². The summed E-state index contributed by atoms with van der Waals surface area (Å²) in [6.07, 6.45) is -3.27. The fourth-order valence-corrected chi connectivity index (χ4v) is 3.76. The number of rotatable bonds is 7. The van der Waals surface area contributed by atoms with Crippen LogP contribution in [0, 0.1) is 0 Å². The van der Waals surface area contributed by atoms with Gasteiger partial charge < -0.3 is 29.0 Å². The van der Waals surface area contributed by atoms with Crippen LogP contribution in [0.5, 0.6) is 11.5 Å². The van der Waals surface area contributed by atoms with Crippen LogP contribution in [-0.4, -0.2) is 56.4 Å². The van der Waals surface area contributed by atoms with Crippen LogP contribution >= 0.6 is 15.9 Å². The van der Waals surface area contributed by atoms with Gasteiger partial charge in [-0.15, -0.1) is 0 Å². The fourth-order valence-electron chi connectivity index (χ4n) is 3.40. The highest BCUT2D eigenvalue weighted by Crippen LogP contribution is 2.38. The van der Waals surface area contributed by atoms with Gasteiger partial charge in [-0.05, 0) is 51.1 Å². The summed E-state index contributed by atoms with van der Waals surface area (Å²) < 4.78 is 28.0. The number of methoxy groups -OCH3 is 2. The standard InChI is InChI=1S/C25H28BrNO8/c1-25(2,3)33-13-18(23(29)32-5)27-24(30)35-22-20(28)17-12-15(26)9-10-19(17)34-21(22)14-7-6-8-16(11-14)31-4/h6-12,18,21-22H,13H2,1-5H3,(H,27,30)/t18-,21-,22+/m0/s1. The van der Waals surface area contributed by atoms with E-state index in [1.54, 1.807) is 42.5 Å². The van der Waals surface area contributed by atoms with E-state index in [0.29, 0.717) is 21.5 Å². The van der Waals surface area contributed by atoms with Gasteiger partial charge >= 0.3 is 12.1 Å². The second kappa shape index (κ2) is 11.1. The molecule has 2 aromatic rings. The summed E-state index contributed by atoms with van der Waals surface area (Å²) in [6, 6.07) is 10.8. The number of ether oxygens (including phenoxy) is 5. The molecular weight excluding hydrogens is 522 g/mol. The van der Waals surface area contributed by atoms with Gasteiger partial charge in [0.15, 0.2) is 12.1 Å². The van der Waals surface area contributed by atoms with Gasteiger partial charge in [0.25, 0.3) is 0 Å². The predicted molar refractivity (Wildman–Crippen MR) is 130 cm³/mol. The van der Waals surface area contributed by atoms with E-state index in [0.717, 1.165) is 0 Å². The molecule has 0 saturated heterocycles. The highest BCUT2D eigenvalue weighted by atomic mass is 79.9. The highest BCUT2D eigenvalue weighted by Gasteiger charge is 2.42. The Hall–Kier alpha value is -3.11. The first-order valence-electron chi connectivity index (χ1n) is 10.9. The topological polar surface area (TPSA) is 109 Å². The molecule has 2 aromatic carbocycles. The van der Waals surface area contributed by atoms with Gasteiger partial charge in [0, 0.05) is 10.0 Å². The van der Waals surface area contributed by atoms with Crippen LogP contribution < -0.4 is 14.8 Å². The van der Waals surface area contributed by atoms with Crippen molar-refractivity contribution in [3.8, 4) is 11.5 Å². The number of ketones is 1. The Morgan fingerprint density at radius 2 is 1.89 bits per heavy atom. The van der Waals surface area contributed by atoms with Crippen molar-refractivity contribution in [1.82, 2.24) is 5.32 Å². The Kier molecular flexibility index (Phi) is 8.39. The smallest absolute Gasteiger partial charge is 0.408 e. The van der Waals surface area contributed by atoms with Crippen molar-refractivity contribution < 1.29 is 38.1 Å². The number of hydrogen-bond donors (Lipinski definition) is 1. The molecule has 0 aliphatic carbocycles. The minimum absolute atomic E-state index is 0.143. The molecule has 188 valence electrons. The van der Waals surface area contributed by atoms with E-state index in [9.17, 15) is 14.4 Å². The first-order valence-corrected chi connectivity index (χ1v) is 11.6. The maximum atomic E-state index is 13.4. The molecule has 0 unspecified atom stereocenters. The quantitative estimate of drug-likeness (QED) is 0.511. The lowest BCUT2D eigenvalue weighted by Gasteiger charge is -2.33. The van der Waals surface area contributed by atoms with E-state index >= 15 is 0 Å². The van der Waals surface area contributed by atoms with Crippen molar-refractivity contribution in [1.29, 1.82) is 0 Å². The number of Topliss-reactive ketones (excluding diaryl/α,β-unsaturated/α-hetero) is 1. The average molecular weight is 550 g/mol. The van der Waals surface area contributed by atoms with Gasteiger partial charge in [0.1, 0.15) is 11.5 Å². The molecule has 9 nitrogen and oxygen atoms in total. The average Bonchev–Trinajstić information content (AvgIpc) is 2.82. The number of fused-ring (bicyclic) bond motifs is 1. The molecule has 0 spiro atoms. The molecule has 1 amide bonds. The number of amides is 1. The Bertz CT molecular complexity index is 1100. The summed E-state index contributed by atoms with van der Waals surface area (Å²) >= 11 is 3.35. The zero-order chi connectivity index (χ0) is 25.8. The van der Waals surface area contributed by atoms with Crippen LogP contribution in [0.15, 0.2) is 46.9 Å². The van der Waals surface area contributed by atoms with Crippen LogP contribution in [0.4, 0.5) is 4.79 Å². The zero-order valence-corrected chi connectivity index (χ0v) is 21.7. The summed E-state index contributed by atoms with van der Waals surface area (Å²) in [5.41, 5.74) is 0.279. The first kappa shape index (κ1) is 26.5. The summed E-state index contributed by atoms with van der Waals surface area (Å²) in [5, 5.41) is 2.44. The van der Waals surface area contributed by atoms with Gasteiger partial charge in [-0.2, -0.15) is 0 Å². The molecule has 0 radical (unpaired) electrons. The lowest BCUT2D eigenvalue weighted by molar-refractivity contribution is -0.146. The molecule has 3 atom stereocenters. The monoisotopic (exact) mass is 549 g/mol. The maximum absolute atomic E-state index is 13.4. The molecule has 1 aliphatic rings. The maximum Gasteiger partial charge on any atom is 0.408 e. The zero-order valence-electron chi connectivity index (χ0n) is 20.1. The van der Waals surface area contributed by atoms with Crippen LogP contribution in [0.1, 0.15) is 42.8 Å². The van der Waals surface area contributed by atoms with Crippen LogP contribution in [0.2, 0.25) is 0 Å². The lowest BCUT2D eigenvalue weighted by atomic mass is 9.93. The lowest BCUT2D eigenvalue weighted by Crippen LogP contribution is -2.49. The van der Waals surface area contributed by atoms with E-state index in [2.05, 4.69) is 21.2 Å². The van der Waals surface area contributed by atoms with Gasteiger partial charge in [-0.1, -0.05) is 28.1 Å².